The fraction of sp³-hybridized carbons (Fsp3) is 1.00. The van der Waals surface area contributed by atoms with Crippen molar-refractivity contribution < 1.29 is 4.74 Å². The molecule has 3 heteroatoms. The minimum atomic E-state index is -0.0186. The lowest BCUT2D eigenvalue weighted by Crippen LogP contribution is -2.52. The van der Waals surface area contributed by atoms with Gasteiger partial charge < -0.3 is 4.74 Å². The van der Waals surface area contributed by atoms with Crippen molar-refractivity contribution in [1.82, 2.24) is 10.4 Å². The van der Waals surface area contributed by atoms with E-state index in [0.717, 1.165) is 13.0 Å². The Hall–Kier alpha value is -0.120. The SMILES string of the molecule is COC(C)(C)CCNN1C(C)CCCC1C. The average molecular weight is 228 g/mol. The summed E-state index contributed by atoms with van der Waals surface area (Å²) in [6, 6.07) is 1.32. The first-order chi connectivity index (χ1) is 7.46. The Morgan fingerprint density at radius 1 is 1.25 bits per heavy atom. The molecular weight excluding hydrogens is 200 g/mol. The van der Waals surface area contributed by atoms with E-state index in [-0.39, 0.29) is 5.60 Å². The molecule has 0 aromatic heterocycles. The van der Waals surface area contributed by atoms with Crippen LogP contribution >= 0.6 is 0 Å². The minimum absolute atomic E-state index is 0.0186. The van der Waals surface area contributed by atoms with Gasteiger partial charge in [-0.05, 0) is 47.0 Å². The first kappa shape index (κ1) is 13.9. The molecule has 1 N–H and O–H groups in total. The number of hydrogen-bond acceptors (Lipinski definition) is 3. The van der Waals surface area contributed by atoms with Crippen LogP contribution in [0.25, 0.3) is 0 Å². The maximum Gasteiger partial charge on any atom is 0.0635 e. The van der Waals surface area contributed by atoms with Crippen molar-refractivity contribution in [2.45, 2.75) is 71.1 Å². The monoisotopic (exact) mass is 228 g/mol. The zero-order valence-electron chi connectivity index (χ0n) is 11.5. The van der Waals surface area contributed by atoms with Crippen LogP contribution < -0.4 is 5.43 Å². The molecule has 1 saturated heterocycles. The summed E-state index contributed by atoms with van der Waals surface area (Å²) >= 11 is 0. The van der Waals surface area contributed by atoms with Gasteiger partial charge in [0.1, 0.15) is 0 Å². The molecule has 0 aromatic rings. The van der Waals surface area contributed by atoms with Crippen LogP contribution in [0, 0.1) is 0 Å². The van der Waals surface area contributed by atoms with Crippen molar-refractivity contribution in [3.8, 4) is 0 Å². The van der Waals surface area contributed by atoms with Crippen LogP contribution in [0.1, 0.15) is 53.4 Å². The molecule has 0 saturated carbocycles. The molecule has 0 spiro atoms. The van der Waals surface area contributed by atoms with Gasteiger partial charge in [-0.1, -0.05) is 6.42 Å². The third-order valence-corrected chi connectivity index (χ3v) is 3.77. The molecule has 2 unspecified atom stereocenters. The summed E-state index contributed by atoms with van der Waals surface area (Å²) in [5.74, 6) is 0. The van der Waals surface area contributed by atoms with Crippen LogP contribution in [0.3, 0.4) is 0 Å². The lowest BCUT2D eigenvalue weighted by atomic mass is 9.99. The number of rotatable bonds is 5. The fourth-order valence-corrected chi connectivity index (χ4v) is 2.32. The molecule has 0 aliphatic carbocycles. The summed E-state index contributed by atoms with van der Waals surface area (Å²) in [5.41, 5.74) is 3.55. The standard InChI is InChI=1S/C13H28N2O/c1-11-7-6-8-12(2)15(11)14-10-9-13(3,4)16-5/h11-12,14H,6-10H2,1-5H3. The van der Waals surface area contributed by atoms with Crippen LogP contribution in [0.15, 0.2) is 0 Å². The summed E-state index contributed by atoms with van der Waals surface area (Å²) in [7, 11) is 1.78. The van der Waals surface area contributed by atoms with Crippen molar-refractivity contribution in [3.05, 3.63) is 0 Å². The maximum absolute atomic E-state index is 5.42. The number of ether oxygens (including phenoxy) is 1. The van der Waals surface area contributed by atoms with Crippen LogP contribution in [0.5, 0.6) is 0 Å². The molecule has 0 aromatic carbocycles. The van der Waals surface area contributed by atoms with E-state index in [1.807, 2.05) is 0 Å². The van der Waals surface area contributed by atoms with E-state index in [9.17, 15) is 0 Å². The molecule has 3 nitrogen and oxygen atoms in total. The first-order valence-corrected chi connectivity index (χ1v) is 6.53. The highest BCUT2D eigenvalue weighted by Gasteiger charge is 2.25. The van der Waals surface area contributed by atoms with E-state index in [0.29, 0.717) is 12.1 Å². The first-order valence-electron chi connectivity index (χ1n) is 6.53. The van der Waals surface area contributed by atoms with Gasteiger partial charge in [-0.3, -0.25) is 5.43 Å². The lowest BCUT2D eigenvalue weighted by molar-refractivity contribution is -0.00171. The van der Waals surface area contributed by atoms with Crippen molar-refractivity contribution in [1.29, 1.82) is 0 Å². The van der Waals surface area contributed by atoms with E-state index in [2.05, 4.69) is 38.1 Å². The molecule has 16 heavy (non-hydrogen) atoms. The van der Waals surface area contributed by atoms with Gasteiger partial charge in [0.05, 0.1) is 5.60 Å². The van der Waals surface area contributed by atoms with Crippen LogP contribution in [-0.2, 0) is 4.74 Å². The molecule has 1 rings (SSSR count). The van der Waals surface area contributed by atoms with E-state index >= 15 is 0 Å². The molecule has 1 aliphatic heterocycles. The predicted molar refractivity (Wildman–Crippen MR) is 68.3 cm³/mol. The molecule has 0 radical (unpaired) electrons. The smallest absolute Gasteiger partial charge is 0.0635 e. The number of hydrogen-bond donors (Lipinski definition) is 1. The van der Waals surface area contributed by atoms with Crippen molar-refractivity contribution >= 4 is 0 Å². The van der Waals surface area contributed by atoms with Gasteiger partial charge in [-0.15, -0.1) is 0 Å². The van der Waals surface area contributed by atoms with E-state index in [4.69, 9.17) is 4.74 Å². The Kier molecular flexibility index (Phi) is 5.22. The number of hydrazine groups is 1. The summed E-state index contributed by atoms with van der Waals surface area (Å²) in [6.07, 6.45) is 5.03. The zero-order valence-corrected chi connectivity index (χ0v) is 11.5. The van der Waals surface area contributed by atoms with E-state index < -0.39 is 0 Å². The Morgan fingerprint density at radius 2 is 1.81 bits per heavy atom. The topological polar surface area (TPSA) is 24.5 Å². The van der Waals surface area contributed by atoms with Crippen LogP contribution in [0.2, 0.25) is 0 Å². The Bertz CT molecular complexity index is 196. The predicted octanol–water partition coefficient (Wildman–Crippen LogP) is 2.57. The highest BCUT2D eigenvalue weighted by Crippen LogP contribution is 2.20. The molecule has 1 fully saturated rings. The summed E-state index contributed by atoms with van der Waals surface area (Å²) < 4.78 is 5.42. The second-order valence-electron chi connectivity index (χ2n) is 5.66. The average Bonchev–Trinajstić information content (AvgIpc) is 2.22. The Morgan fingerprint density at radius 3 is 2.31 bits per heavy atom. The third-order valence-electron chi connectivity index (χ3n) is 3.77. The maximum atomic E-state index is 5.42. The molecular formula is C13H28N2O. The molecule has 0 amide bonds. The number of methoxy groups -OCH3 is 1. The second-order valence-corrected chi connectivity index (χ2v) is 5.66. The number of nitrogens with one attached hydrogen (secondary N) is 1. The molecule has 96 valence electrons. The molecule has 2 atom stereocenters. The van der Waals surface area contributed by atoms with E-state index in [1.54, 1.807) is 7.11 Å². The van der Waals surface area contributed by atoms with Crippen molar-refractivity contribution in [3.63, 3.8) is 0 Å². The largest absolute Gasteiger partial charge is 0.379 e. The molecule has 1 aliphatic rings. The Labute approximate surface area is 101 Å². The normalized spacial score (nSPS) is 28.3. The zero-order chi connectivity index (χ0) is 12.2. The highest BCUT2D eigenvalue weighted by molar-refractivity contribution is 4.77. The second kappa shape index (κ2) is 5.99. The van der Waals surface area contributed by atoms with Gasteiger partial charge in [0.25, 0.3) is 0 Å². The van der Waals surface area contributed by atoms with Gasteiger partial charge in [0.2, 0.25) is 0 Å². The lowest BCUT2D eigenvalue weighted by Gasteiger charge is -2.39. The van der Waals surface area contributed by atoms with Crippen molar-refractivity contribution in [2.75, 3.05) is 13.7 Å². The van der Waals surface area contributed by atoms with Gasteiger partial charge in [-0.2, -0.15) is 0 Å². The highest BCUT2D eigenvalue weighted by atomic mass is 16.5. The minimum Gasteiger partial charge on any atom is -0.379 e. The molecule has 1 heterocycles. The summed E-state index contributed by atoms with van der Waals surface area (Å²) in [5, 5.41) is 2.43. The van der Waals surface area contributed by atoms with Gasteiger partial charge >= 0.3 is 0 Å². The quantitative estimate of drug-likeness (QED) is 0.782. The van der Waals surface area contributed by atoms with Crippen LogP contribution in [-0.4, -0.2) is 36.3 Å². The number of piperidine rings is 1. The van der Waals surface area contributed by atoms with E-state index in [1.165, 1.54) is 19.3 Å². The van der Waals surface area contributed by atoms with Gasteiger partial charge in [0.15, 0.2) is 0 Å². The third kappa shape index (κ3) is 4.04. The fourth-order valence-electron chi connectivity index (χ4n) is 2.32. The van der Waals surface area contributed by atoms with Gasteiger partial charge in [-0.25, -0.2) is 5.01 Å². The summed E-state index contributed by atoms with van der Waals surface area (Å²) in [4.78, 5) is 0. The summed E-state index contributed by atoms with van der Waals surface area (Å²) in [6.45, 7) is 9.89. The van der Waals surface area contributed by atoms with Crippen molar-refractivity contribution in [2.24, 2.45) is 0 Å². The van der Waals surface area contributed by atoms with Crippen LogP contribution in [0.4, 0.5) is 0 Å². The Balaban J connectivity index is 2.30. The molecule has 0 bridgehead atoms. The van der Waals surface area contributed by atoms with Gasteiger partial charge in [0, 0.05) is 25.7 Å². The number of nitrogens with zero attached hydrogens (tertiary/aromatic N) is 1.